The van der Waals surface area contributed by atoms with Crippen LogP contribution in [0.3, 0.4) is 0 Å². The highest BCUT2D eigenvalue weighted by molar-refractivity contribution is 7.92. The summed E-state index contributed by atoms with van der Waals surface area (Å²) in [7, 11) is -3.88. The van der Waals surface area contributed by atoms with Crippen molar-refractivity contribution in [2.24, 2.45) is 0 Å². The number of hydrogen-bond acceptors (Lipinski definition) is 4. The lowest BCUT2D eigenvalue weighted by Gasteiger charge is -2.31. The second kappa shape index (κ2) is 10.4. The maximum absolute atomic E-state index is 13.7. The van der Waals surface area contributed by atoms with Gasteiger partial charge in [-0.05, 0) is 50.1 Å². The highest BCUT2D eigenvalue weighted by atomic mass is 32.2. The maximum Gasteiger partial charge on any atom is 0.244 e. The molecule has 0 radical (unpaired) electrons. The molecule has 1 unspecified atom stereocenters. The van der Waals surface area contributed by atoms with Crippen molar-refractivity contribution in [1.82, 2.24) is 10.2 Å². The van der Waals surface area contributed by atoms with Gasteiger partial charge in [0.05, 0.1) is 11.9 Å². The molecule has 31 heavy (non-hydrogen) atoms. The van der Waals surface area contributed by atoms with Crippen molar-refractivity contribution in [2.45, 2.75) is 33.4 Å². The van der Waals surface area contributed by atoms with Crippen LogP contribution in [-0.2, 0) is 26.2 Å². The third-order valence-electron chi connectivity index (χ3n) is 4.90. The molecule has 0 spiro atoms. The number of benzene rings is 2. The monoisotopic (exact) mass is 449 g/mol. The minimum Gasteiger partial charge on any atom is -0.355 e. The van der Waals surface area contributed by atoms with E-state index in [1.54, 1.807) is 13.8 Å². The molecular weight excluding hydrogens is 421 g/mol. The number of nitrogens with zero attached hydrogens (tertiary/aromatic N) is 2. The van der Waals surface area contributed by atoms with E-state index in [0.29, 0.717) is 6.54 Å². The number of halogens is 1. The fraction of sp³-hybridized carbons (Fsp3) is 0.364. The van der Waals surface area contributed by atoms with E-state index >= 15 is 0 Å². The molecule has 0 aliphatic carbocycles. The van der Waals surface area contributed by atoms with Crippen molar-refractivity contribution in [1.29, 1.82) is 0 Å². The first-order chi connectivity index (χ1) is 14.5. The summed E-state index contributed by atoms with van der Waals surface area (Å²) in [6, 6.07) is 11.6. The molecule has 0 aliphatic heterocycles. The van der Waals surface area contributed by atoms with E-state index in [2.05, 4.69) is 5.32 Å². The van der Waals surface area contributed by atoms with Gasteiger partial charge in [-0.1, -0.05) is 30.3 Å². The lowest BCUT2D eigenvalue weighted by molar-refractivity contribution is -0.139. The molecule has 7 nitrogen and oxygen atoms in total. The molecule has 0 fully saturated rings. The van der Waals surface area contributed by atoms with Crippen molar-refractivity contribution in [2.75, 3.05) is 23.7 Å². The number of nitrogens with one attached hydrogen (secondary N) is 1. The third-order valence-corrected chi connectivity index (χ3v) is 6.04. The van der Waals surface area contributed by atoms with Crippen molar-refractivity contribution in [3.05, 3.63) is 65.5 Å². The van der Waals surface area contributed by atoms with E-state index in [1.165, 1.54) is 23.1 Å². The van der Waals surface area contributed by atoms with E-state index in [-0.39, 0.29) is 18.1 Å². The van der Waals surface area contributed by atoms with Gasteiger partial charge in [-0.15, -0.1) is 0 Å². The number of anilines is 1. The van der Waals surface area contributed by atoms with Gasteiger partial charge >= 0.3 is 0 Å². The molecule has 2 aromatic rings. The van der Waals surface area contributed by atoms with Crippen LogP contribution in [0.4, 0.5) is 10.1 Å². The molecule has 2 amide bonds. The summed E-state index contributed by atoms with van der Waals surface area (Å²) in [6.45, 7) is 5.22. The standard InChI is InChI=1S/C22H28FN3O4S/c1-5-24-22(28)17(3)25(14-18-10-7-6-9-16(18)2)21(27)15-26(31(4,29)30)20-12-8-11-19(23)13-20/h6-13,17H,5,14-15H2,1-4H3,(H,24,28). The van der Waals surface area contributed by atoms with Gasteiger partial charge < -0.3 is 10.2 Å². The molecule has 2 rings (SSSR count). The number of hydrogen-bond donors (Lipinski definition) is 1. The van der Waals surface area contributed by atoms with Crippen LogP contribution in [0.15, 0.2) is 48.5 Å². The molecule has 0 heterocycles. The molecule has 9 heteroatoms. The Morgan fingerprint density at radius 2 is 1.81 bits per heavy atom. The molecule has 0 saturated heterocycles. The largest absolute Gasteiger partial charge is 0.355 e. The van der Waals surface area contributed by atoms with Gasteiger partial charge in [-0.3, -0.25) is 13.9 Å². The molecule has 0 bridgehead atoms. The van der Waals surface area contributed by atoms with Crippen molar-refractivity contribution < 1.29 is 22.4 Å². The number of amides is 2. The predicted octanol–water partition coefficient (Wildman–Crippen LogP) is 2.45. The van der Waals surface area contributed by atoms with Crippen LogP contribution >= 0.6 is 0 Å². The van der Waals surface area contributed by atoms with Crippen molar-refractivity contribution in [3.63, 3.8) is 0 Å². The van der Waals surface area contributed by atoms with Crippen LogP contribution < -0.4 is 9.62 Å². The zero-order valence-electron chi connectivity index (χ0n) is 18.1. The van der Waals surface area contributed by atoms with Gasteiger partial charge in [0.15, 0.2) is 0 Å². The van der Waals surface area contributed by atoms with E-state index in [4.69, 9.17) is 0 Å². The summed E-state index contributed by atoms with van der Waals surface area (Å²) in [6.07, 6.45) is 0.949. The zero-order chi connectivity index (χ0) is 23.2. The van der Waals surface area contributed by atoms with Gasteiger partial charge in [-0.25, -0.2) is 12.8 Å². The summed E-state index contributed by atoms with van der Waals surface area (Å²) in [5, 5.41) is 2.69. The van der Waals surface area contributed by atoms with E-state index in [9.17, 15) is 22.4 Å². The number of likely N-dealkylation sites (N-methyl/N-ethyl adjacent to an activating group) is 1. The molecule has 0 saturated carbocycles. The van der Waals surface area contributed by atoms with Gasteiger partial charge in [0.25, 0.3) is 0 Å². The average Bonchev–Trinajstić information content (AvgIpc) is 2.70. The Hall–Kier alpha value is -2.94. The third kappa shape index (κ3) is 6.52. The Morgan fingerprint density at radius 1 is 1.13 bits per heavy atom. The summed E-state index contributed by atoms with van der Waals surface area (Å²) >= 11 is 0. The van der Waals surface area contributed by atoms with Gasteiger partial charge in [-0.2, -0.15) is 0 Å². The number of carbonyl (C=O) groups is 2. The molecule has 0 aliphatic rings. The Labute approximate surface area is 182 Å². The minimum absolute atomic E-state index is 0.0392. The molecular formula is C22H28FN3O4S. The number of carbonyl (C=O) groups excluding carboxylic acids is 2. The smallest absolute Gasteiger partial charge is 0.244 e. The number of rotatable bonds is 9. The van der Waals surface area contributed by atoms with Crippen LogP contribution in [0.5, 0.6) is 0 Å². The summed E-state index contributed by atoms with van der Waals surface area (Å²) in [5.41, 5.74) is 1.81. The highest BCUT2D eigenvalue weighted by Crippen LogP contribution is 2.20. The Balaban J connectivity index is 2.40. The fourth-order valence-electron chi connectivity index (χ4n) is 3.12. The molecule has 1 N–H and O–H groups in total. The topological polar surface area (TPSA) is 86.8 Å². The molecule has 1 atom stereocenters. The van der Waals surface area contributed by atoms with E-state index in [1.807, 2.05) is 31.2 Å². The zero-order valence-corrected chi connectivity index (χ0v) is 18.9. The lowest BCUT2D eigenvalue weighted by atomic mass is 10.1. The maximum atomic E-state index is 13.7. The van der Waals surface area contributed by atoms with Crippen LogP contribution in [0.2, 0.25) is 0 Å². The Morgan fingerprint density at radius 3 is 2.39 bits per heavy atom. The van der Waals surface area contributed by atoms with Crippen LogP contribution in [-0.4, -0.2) is 50.5 Å². The number of sulfonamides is 1. The molecule has 2 aromatic carbocycles. The lowest BCUT2D eigenvalue weighted by Crippen LogP contribution is -2.51. The average molecular weight is 450 g/mol. The quantitative estimate of drug-likeness (QED) is 0.637. The van der Waals surface area contributed by atoms with Crippen LogP contribution in [0, 0.1) is 12.7 Å². The van der Waals surface area contributed by atoms with E-state index in [0.717, 1.165) is 27.8 Å². The first-order valence-electron chi connectivity index (χ1n) is 9.89. The normalized spacial score (nSPS) is 12.2. The molecule has 168 valence electrons. The first-order valence-corrected chi connectivity index (χ1v) is 11.7. The minimum atomic E-state index is -3.88. The van der Waals surface area contributed by atoms with Crippen LogP contribution in [0.1, 0.15) is 25.0 Å². The first kappa shape index (κ1) is 24.3. The summed E-state index contributed by atoms with van der Waals surface area (Å²) < 4.78 is 39.3. The second-order valence-corrected chi connectivity index (χ2v) is 9.17. The van der Waals surface area contributed by atoms with Crippen molar-refractivity contribution >= 4 is 27.5 Å². The fourth-order valence-corrected chi connectivity index (χ4v) is 3.96. The van der Waals surface area contributed by atoms with Gasteiger partial charge in [0.1, 0.15) is 18.4 Å². The van der Waals surface area contributed by atoms with E-state index < -0.39 is 34.3 Å². The second-order valence-electron chi connectivity index (χ2n) is 7.27. The predicted molar refractivity (Wildman–Crippen MR) is 118 cm³/mol. The van der Waals surface area contributed by atoms with Crippen molar-refractivity contribution in [3.8, 4) is 0 Å². The summed E-state index contributed by atoms with van der Waals surface area (Å²) in [5.74, 6) is -1.54. The number of aryl methyl sites for hydroxylation is 1. The SMILES string of the molecule is CCNC(=O)C(C)N(Cc1ccccc1C)C(=O)CN(c1cccc(F)c1)S(C)(=O)=O. The molecule has 0 aromatic heterocycles. The Kier molecular flexibility index (Phi) is 8.15. The van der Waals surface area contributed by atoms with Gasteiger partial charge in [0.2, 0.25) is 21.8 Å². The highest BCUT2D eigenvalue weighted by Gasteiger charge is 2.30. The van der Waals surface area contributed by atoms with Gasteiger partial charge in [0, 0.05) is 13.1 Å². The Bertz CT molecular complexity index is 1040. The van der Waals surface area contributed by atoms with Crippen LogP contribution in [0.25, 0.3) is 0 Å². The summed E-state index contributed by atoms with van der Waals surface area (Å²) in [4.78, 5) is 27.1.